The average Bonchev–Trinajstić information content (AvgIpc) is 3.24. The van der Waals surface area contributed by atoms with Crippen LogP contribution in [0.5, 0.6) is 5.75 Å². The number of nitrogen functional groups attached to an aromatic ring is 1. The molecule has 0 saturated heterocycles. The molecular weight excluding hydrogens is 455 g/mol. The quantitative estimate of drug-likeness (QED) is 0.286. The van der Waals surface area contributed by atoms with E-state index < -0.39 is 16.8 Å². The minimum atomic E-state index is -1.26. The first kappa shape index (κ1) is 25.1. The van der Waals surface area contributed by atoms with Gasteiger partial charge in [0.15, 0.2) is 17.2 Å². The smallest absolute Gasteiger partial charge is 0.240 e. The van der Waals surface area contributed by atoms with E-state index in [1.54, 1.807) is 43.5 Å². The van der Waals surface area contributed by atoms with Gasteiger partial charge < -0.3 is 15.6 Å². The summed E-state index contributed by atoms with van der Waals surface area (Å²) in [6.07, 6.45) is 5.94. The van der Waals surface area contributed by atoms with Gasteiger partial charge in [0.1, 0.15) is 0 Å². The number of anilines is 1. The SMILES string of the molecule is C=C(C)C(/C=C/C)(CCOc1cccc(-c2ccn3nc(N)nc3c2)c1F)C(C)(O)c1ccccc1. The maximum atomic E-state index is 15.5. The number of ether oxygens (including phenoxy) is 1. The molecule has 6 nitrogen and oxygen atoms in total. The molecule has 2 heterocycles. The monoisotopic (exact) mass is 486 g/mol. The number of nitrogens with two attached hydrogens (primary N) is 1. The van der Waals surface area contributed by atoms with Gasteiger partial charge in [0.25, 0.3) is 0 Å². The summed E-state index contributed by atoms with van der Waals surface area (Å²) in [5.41, 5.74) is 6.68. The van der Waals surface area contributed by atoms with Crippen molar-refractivity contribution >= 4 is 11.6 Å². The molecule has 0 saturated carbocycles. The molecule has 4 aromatic rings. The topological polar surface area (TPSA) is 85.7 Å². The molecule has 2 atom stereocenters. The number of halogens is 1. The summed E-state index contributed by atoms with van der Waals surface area (Å²) in [6, 6.07) is 18.0. The molecule has 0 aliphatic carbocycles. The molecule has 186 valence electrons. The molecule has 0 spiro atoms. The van der Waals surface area contributed by atoms with Crippen LogP contribution in [0.1, 0.15) is 32.8 Å². The second-order valence-corrected chi connectivity index (χ2v) is 9.09. The van der Waals surface area contributed by atoms with Gasteiger partial charge in [0.2, 0.25) is 5.95 Å². The van der Waals surface area contributed by atoms with E-state index in [9.17, 15) is 5.11 Å². The second-order valence-electron chi connectivity index (χ2n) is 9.09. The lowest BCUT2D eigenvalue weighted by atomic mass is 9.63. The lowest BCUT2D eigenvalue weighted by Crippen LogP contribution is -2.44. The fourth-order valence-electron chi connectivity index (χ4n) is 4.80. The normalized spacial score (nSPS) is 15.0. The van der Waals surface area contributed by atoms with Crippen LogP contribution in [-0.4, -0.2) is 26.3 Å². The predicted molar refractivity (Wildman–Crippen MR) is 141 cm³/mol. The highest BCUT2D eigenvalue weighted by atomic mass is 19.1. The van der Waals surface area contributed by atoms with E-state index in [4.69, 9.17) is 10.5 Å². The molecular formula is C29H31FN4O2. The van der Waals surface area contributed by atoms with E-state index in [2.05, 4.69) is 16.7 Å². The number of aromatic nitrogens is 3. The Morgan fingerprint density at radius 1 is 1.19 bits per heavy atom. The van der Waals surface area contributed by atoms with Crippen LogP contribution >= 0.6 is 0 Å². The van der Waals surface area contributed by atoms with Gasteiger partial charge in [0.05, 0.1) is 12.2 Å². The number of nitrogens with zero attached hydrogens (tertiary/aromatic N) is 3. The van der Waals surface area contributed by atoms with Crippen molar-refractivity contribution in [2.75, 3.05) is 12.3 Å². The number of benzene rings is 2. The first-order valence-corrected chi connectivity index (χ1v) is 11.8. The van der Waals surface area contributed by atoms with Gasteiger partial charge >= 0.3 is 0 Å². The molecule has 2 aromatic heterocycles. The highest BCUT2D eigenvalue weighted by Crippen LogP contribution is 2.48. The second kappa shape index (κ2) is 9.95. The Morgan fingerprint density at radius 3 is 2.64 bits per heavy atom. The lowest BCUT2D eigenvalue weighted by Gasteiger charge is -2.45. The van der Waals surface area contributed by atoms with Gasteiger partial charge in [0, 0.05) is 17.2 Å². The molecule has 0 radical (unpaired) electrons. The van der Waals surface area contributed by atoms with Crippen molar-refractivity contribution in [3.63, 3.8) is 0 Å². The van der Waals surface area contributed by atoms with Crippen LogP contribution in [0.25, 0.3) is 16.8 Å². The minimum absolute atomic E-state index is 0.129. The standard InChI is InChI=1S/C29H31FN4O2/c1-5-15-29(20(2)3,28(4,35)22-10-7-6-8-11-22)16-18-36-24-13-9-12-23(26(24)30)21-14-17-34-25(19-21)32-27(31)33-34/h5-15,17,19,35H,2,16,18H2,1,3-4H3,(H2,31,33)/b15-5+. The summed E-state index contributed by atoms with van der Waals surface area (Å²) >= 11 is 0. The van der Waals surface area contributed by atoms with Crippen molar-refractivity contribution < 1.29 is 14.2 Å². The van der Waals surface area contributed by atoms with Gasteiger partial charge in [-0.1, -0.05) is 66.8 Å². The predicted octanol–water partition coefficient (Wildman–Crippen LogP) is 5.93. The first-order valence-electron chi connectivity index (χ1n) is 11.8. The number of pyridine rings is 1. The van der Waals surface area contributed by atoms with E-state index in [0.717, 1.165) is 11.1 Å². The van der Waals surface area contributed by atoms with Crippen LogP contribution in [0.3, 0.4) is 0 Å². The van der Waals surface area contributed by atoms with Gasteiger partial charge in [-0.3, -0.25) is 0 Å². The molecule has 0 bridgehead atoms. The molecule has 36 heavy (non-hydrogen) atoms. The van der Waals surface area contributed by atoms with Gasteiger partial charge in [-0.15, -0.1) is 5.10 Å². The molecule has 3 N–H and O–H groups in total. The molecule has 0 aliphatic rings. The van der Waals surface area contributed by atoms with Crippen LogP contribution in [-0.2, 0) is 5.60 Å². The Balaban J connectivity index is 1.61. The Morgan fingerprint density at radius 2 is 1.94 bits per heavy atom. The number of hydrogen-bond acceptors (Lipinski definition) is 5. The lowest BCUT2D eigenvalue weighted by molar-refractivity contribution is -0.0396. The van der Waals surface area contributed by atoms with Gasteiger partial charge in [-0.05, 0) is 56.5 Å². The number of rotatable bonds is 9. The van der Waals surface area contributed by atoms with Gasteiger partial charge in [-0.25, -0.2) is 8.91 Å². The van der Waals surface area contributed by atoms with Crippen molar-refractivity contribution in [1.82, 2.24) is 14.6 Å². The molecule has 4 rings (SSSR count). The zero-order valence-electron chi connectivity index (χ0n) is 20.8. The summed E-state index contributed by atoms with van der Waals surface area (Å²) in [6.45, 7) is 9.95. The fourth-order valence-corrected chi connectivity index (χ4v) is 4.80. The molecule has 2 aromatic carbocycles. The van der Waals surface area contributed by atoms with Crippen molar-refractivity contribution in [1.29, 1.82) is 0 Å². The van der Waals surface area contributed by atoms with E-state index in [1.165, 1.54) is 4.52 Å². The Hall–Kier alpha value is -3.97. The maximum absolute atomic E-state index is 15.5. The zero-order valence-corrected chi connectivity index (χ0v) is 20.8. The van der Waals surface area contributed by atoms with Crippen LogP contribution in [0.4, 0.5) is 10.3 Å². The summed E-state index contributed by atoms with van der Waals surface area (Å²) in [7, 11) is 0. The van der Waals surface area contributed by atoms with E-state index in [-0.39, 0.29) is 18.3 Å². The summed E-state index contributed by atoms with van der Waals surface area (Å²) in [4.78, 5) is 4.15. The molecule has 7 heteroatoms. The van der Waals surface area contributed by atoms with Crippen LogP contribution in [0, 0.1) is 11.2 Å². The summed E-state index contributed by atoms with van der Waals surface area (Å²) in [5, 5.41) is 15.8. The number of aliphatic hydroxyl groups is 1. The van der Waals surface area contributed by atoms with E-state index in [0.29, 0.717) is 23.2 Å². The Labute approximate surface area is 210 Å². The molecule has 2 unspecified atom stereocenters. The van der Waals surface area contributed by atoms with Crippen molar-refractivity contribution in [2.45, 2.75) is 32.8 Å². The van der Waals surface area contributed by atoms with Crippen LogP contribution in [0.15, 0.2) is 91.2 Å². The van der Waals surface area contributed by atoms with E-state index in [1.807, 2.05) is 56.3 Å². The highest BCUT2D eigenvalue weighted by molar-refractivity contribution is 5.69. The average molecular weight is 487 g/mol. The van der Waals surface area contributed by atoms with Gasteiger partial charge in [-0.2, -0.15) is 4.98 Å². The zero-order chi connectivity index (χ0) is 25.9. The van der Waals surface area contributed by atoms with Crippen LogP contribution in [0.2, 0.25) is 0 Å². The third kappa shape index (κ3) is 4.50. The highest BCUT2D eigenvalue weighted by Gasteiger charge is 2.46. The van der Waals surface area contributed by atoms with Crippen molar-refractivity contribution in [3.05, 3.63) is 103 Å². The van der Waals surface area contributed by atoms with Crippen molar-refractivity contribution in [3.8, 4) is 16.9 Å². The maximum Gasteiger partial charge on any atom is 0.240 e. The number of hydrogen-bond donors (Lipinski definition) is 2. The van der Waals surface area contributed by atoms with Crippen molar-refractivity contribution in [2.24, 2.45) is 5.41 Å². The minimum Gasteiger partial charge on any atom is -0.490 e. The Bertz CT molecular complexity index is 1410. The van der Waals surface area contributed by atoms with E-state index >= 15 is 4.39 Å². The number of fused-ring (bicyclic) bond motifs is 1. The summed E-state index contributed by atoms with van der Waals surface area (Å²) in [5.74, 6) is -0.196. The molecule has 0 aliphatic heterocycles. The number of allylic oxidation sites excluding steroid dienone is 1. The fraction of sp³-hybridized carbons (Fsp3) is 0.241. The Kier molecular flexibility index (Phi) is 6.95. The molecule has 0 fully saturated rings. The third-order valence-electron chi connectivity index (χ3n) is 6.80. The summed E-state index contributed by atoms with van der Waals surface area (Å²) < 4.78 is 23.0. The van der Waals surface area contributed by atoms with Crippen LogP contribution < -0.4 is 10.5 Å². The molecule has 0 amide bonds. The first-order chi connectivity index (χ1) is 17.2. The largest absolute Gasteiger partial charge is 0.490 e. The third-order valence-corrected chi connectivity index (χ3v) is 6.80.